The van der Waals surface area contributed by atoms with E-state index in [0.717, 1.165) is 38.3 Å². The molecule has 1 aliphatic rings. The van der Waals surface area contributed by atoms with Crippen LogP contribution in [-0.4, -0.2) is 54.5 Å². The van der Waals surface area contributed by atoms with Crippen LogP contribution in [0.5, 0.6) is 0 Å². The van der Waals surface area contributed by atoms with Gasteiger partial charge in [-0.25, -0.2) is 0 Å². The summed E-state index contributed by atoms with van der Waals surface area (Å²) < 4.78 is 0. The van der Waals surface area contributed by atoms with E-state index < -0.39 is 0 Å². The molecule has 2 rings (SSSR count). The molecule has 1 fully saturated rings. The zero-order valence-corrected chi connectivity index (χ0v) is 12.5. The zero-order valence-electron chi connectivity index (χ0n) is 12.5. The normalized spacial score (nSPS) is 18.6. The highest BCUT2D eigenvalue weighted by Gasteiger charge is 2.28. The number of carbonyl (C=O) groups is 1. The molecule has 1 amide bonds. The second-order valence-electron chi connectivity index (χ2n) is 5.22. The Bertz CT molecular complexity index is 417. The molecule has 0 saturated carbocycles. The van der Waals surface area contributed by atoms with Gasteiger partial charge in [-0.3, -0.25) is 9.69 Å². The third-order valence-corrected chi connectivity index (χ3v) is 4.06. The van der Waals surface area contributed by atoms with Crippen LogP contribution >= 0.6 is 0 Å². The number of hydrogen-bond donors (Lipinski definition) is 1. The molecular weight excluding hydrogens is 250 g/mol. The summed E-state index contributed by atoms with van der Waals surface area (Å²) >= 11 is 0. The van der Waals surface area contributed by atoms with Gasteiger partial charge in [0, 0.05) is 24.8 Å². The van der Waals surface area contributed by atoms with Crippen LogP contribution in [0.4, 0.5) is 5.69 Å². The van der Waals surface area contributed by atoms with Gasteiger partial charge in [0.1, 0.15) is 0 Å². The Hall–Kier alpha value is -1.55. The number of hydrogen-bond acceptors (Lipinski definition) is 3. The van der Waals surface area contributed by atoms with Gasteiger partial charge in [0.2, 0.25) is 5.91 Å². The lowest BCUT2D eigenvalue weighted by molar-refractivity contribution is -0.128. The highest BCUT2D eigenvalue weighted by molar-refractivity contribution is 5.81. The number of nitrogens with one attached hydrogen (secondary N) is 1. The van der Waals surface area contributed by atoms with Crippen molar-refractivity contribution in [3.63, 3.8) is 0 Å². The second kappa shape index (κ2) is 7.29. The van der Waals surface area contributed by atoms with E-state index in [1.54, 1.807) is 0 Å². The van der Waals surface area contributed by atoms with Crippen LogP contribution in [-0.2, 0) is 4.79 Å². The van der Waals surface area contributed by atoms with Gasteiger partial charge in [0.25, 0.3) is 0 Å². The van der Waals surface area contributed by atoms with Crippen LogP contribution in [0.3, 0.4) is 0 Å². The highest BCUT2D eigenvalue weighted by atomic mass is 16.2. The number of para-hydroxylation sites is 1. The lowest BCUT2D eigenvalue weighted by atomic mass is 10.2. The minimum absolute atomic E-state index is 0.198. The van der Waals surface area contributed by atoms with Gasteiger partial charge in [-0.15, -0.1) is 0 Å². The molecule has 110 valence electrons. The van der Waals surface area contributed by atoms with E-state index in [4.69, 9.17) is 0 Å². The number of benzene rings is 1. The molecule has 1 aromatic carbocycles. The average Bonchev–Trinajstić information content (AvgIpc) is 2.97. The van der Waals surface area contributed by atoms with Gasteiger partial charge < -0.3 is 10.2 Å². The van der Waals surface area contributed by atoms with E-state index in [1.807, 2.05) is 35.2 Å². The number of likely N-dealkylation sites (N-methyl/N-ethyl adjacent to an activating group) is 1. The van der Waals surface area contributed by atoms with Crippen LogP contribution in [0.25, 0.3) is 0 Å². The Balaban J connectivity index is 1.79. The van der Waals surface area contributed by atoms with E-state index >= 15 is 0 Å². The molecule has 4 nitrogen and oxygen atoms in total. The summed E-state index contributed by atoms with van der Waals surface area (Å²) in [6.07, 6.45) is 1.10. The topological polar surface area (TPSA) is 35.6 Å². The third kappa shape index (κ3) is 3.73. The monoisotopic (exact) mass is 275 g/mol. The number of likely N-dealkylation sites (tertiary alicyclic amines) is 1. The van der Waals surface area contributed by atoms with Crippen molar-refractivity contribution >= 4 is 11.6 Å². The molecule has 1 aliphatic heterocycles. The van der Waals surface area contributed by atoms with Crippen molar-refractivity contribution in [3.8, 4) is 0 Å². The molecule has 1 heterocycles. The van der Waals surface area contributed by atoms with Gasteiger partial charge in [-0.1, -0.05) is 32.0 Å². The van der Waals surface area contributed by atoms with Gasteiger partial charge in [-0.2, -0.15) is 0 Å². The Kier molecular flexibility index (Phi) is 5.41. The maximum atomic E-state index is 12.2. The summed E-state index contributed by atoms with van der Waals surface area (Å²) in [6.45, 7) is 8.63. The molecule has 1 aromatic rings. The summed E-state index contributed by atoms with van der Waals surface area (Å²) in [5.41, 5.74) is 1.00. The van der Waals surface area contributed by atoms with E-state index in [0.29, 0.717) is 12.6 Å². The zero-order chi connectivity index (χ0) is 14.4. The van der Waals surface area contributed by atoms with Crippen LogP contribution in [0.1, 0.15) is 20.3 Å². The van der Waals surface area contributed by atoms with E-state index in [1.165, 1.54) is 0 Å². The van der Waals surface area contributed by atoms with E-state index in [9.17, 15) is 4.79 Å². The number of amides is 1. The summed E-state index contributed by atoms with van der Waals surface area (Å²) in [6, 6.07) is 10.4. The standard InChI is InChI=1S/C16H25N3O/c1-3-18(4-2)15-10-11-19(13-15)16(20)12-17-14-8-6-5-7-9-14/h5-9,15,17H,3-4,10-13H2,1-2H3. The lowest BCUT2D eigenvalue weighted by Gasteiger charge is -2.26. The Morgan fingerprint density at radius 3 is 2.65 bits per heavy atom. The largest absolute Gasteiger partial charge is 0.376 e. The highest BCUT2D eigenvalue weighted by Crippen LogP contribution is 2.15. The van der Waals surface area contributed by atoms with Crippen molar-refractivity contribution in [2.75, 3.05) is 38.0 Å². The van der Waals surface area contributed by atoms with Crippen molar-refractivity contribution < 1.29 is 4.79 Å². The predicted molar refractivity (Wildman–Crippen MR) is 82.8 cm³/mol. The first-order chi connectivity index (χ1) is 9.74. The Morgan fingerprint density at radius 1 is 1.30 bits per heavy atom. The van der Waals surface area contributed by atoms with Gasteiger partial charge in [0.15, 0.2) is 0 Å². The summed E-state index contributed by atoms with van der Waals surface area (Å²) in [5, 5.41) is 3.19. The van der Waals surface area contributed by atoms with E-state index in [-0.39, 0.29) is 5.91 Å². The number of rotatable bonds is 6. The molecule has 4 heteroatoms. The molecule has 0 bridgehead atoms. The molecule has 0 aromatic heterocycles. The SMILES string of the molecule is CCN(CC)C1CCN(C(=O)CNc2ccccc2)C1. The molecule has 0 aliphatic carbocycles. The second-order valence-corrected chi connectivity index (χ2v) is 5.22. The summed E-state index contributed by atoms with van der Waals surface area (Å²) in [7, 11) is 0. The predicted octanol–water partition coefficient (Wildman–Crippen LogP) is 2.04. The van der Waals surface area contributed by atoms with Crippen LogP contribution < -0.4 is 5.32 Å². The lowest BCUT2D eigenvalue weighted by Crippen LogP contribution is -2.40. The van der Waals surface area contributed by atoms with Gasteiger partial charge in [0.05, 0.1) is 6.54 Å². The van der Waals surface area contributed by atoms with Crippen LogP contribution in [0.2, 0.25) is 0 Å². The first-order valence-corrected chi connectivity index (χ1v) is 7.55. The third-order valence-electron chi connectivity index (χ3n) is 4.06. The number of nitrogens with zero attached hydrogens (tertiary/aromatic N) is 2. The fourth-order valence-electron chi connectivity index (χ4n) is 2.85. The first-order valence-electron chi connectivity index (χ1n) is 7.55. The fourth-order valence-corrected chi connectivity index (χ4v) is 2.85. The smallest absolute Gasteiger partial charge is 0.241 e. The minimum atomic E-state index is 0.198. The molecule has 1 unspecified atom stereocenters. The average molecular weight is 275 g/mol. The Morgan fingerprint density at radius 2 is 2.00 bits per heavy atom. The maximum Gasteiger partial charge on any atom is 0.241 e. The summed E-state index contributed by atoms with van der Waals surface area (Å²) in [5.74, 6) is 0.198. The van der Waals surface area contributed by atoms with Crippen molar-refractivity contribution in [2.24, 2.45) is 0 Å². The Labute approximate surface area is 121 Å². The molecule has 0 spiro atoms. The van der Waals surface area contributed by atoms with Crippen molar-refractivity contribution in [3.05, 3.63) is 30.3 Å². The molecule has 1 N–H and O–H groups in total. The number of carbonyl (C=O) groups excluding carboxylic acids is 1. The number of anilines is 1. The molecule has 1 saturated heterocycles. The van der Waals surface area contributed by atoms with Gasteiger partial charge >= 0.3 is 0 Å². The van der Waals surface area contributed by atoms with Crippen molar-refractivity contribution in [1.82, 2.24) is 9.80 Å². The molecular formula is C16H25N3O. The van der Waals surface area contributed by atoms with Crippen molar-refractivity contribution in [2.45, 2.75) is 26.3 Å². The maximum absolute atomic E-state index is 12.2. The summed E-state index contributed by atoms with van der Waals surface area (Å²) in [4.78, 5) is 16.6. The molecule has 1 atom stereocenters. The van der Waals surface area contributed by atoms with Crippen molar-refractivity contribution in [1.29, 1.82) is 0 Å². The molecule has 0 radical (unpaired) electrons. The first kappa shape index (κ1) is 14.9. The van der Waals surface area contributed by atoms with Gasteiger partial charge in [-0.05, 0) is 31.6 Å². The fraction of sp³-hybridized carbons (Fsp3) is 0.562. The van der Waals surface area contributed by atoms with Crippen LogP contribution in [0, 0.1) is 0 Å². The van der Waals surface area contributed by atoms with E-state index in [2.05, 4.69) is 24.1 Å². The van der Waals surface area contributed by atoms with Crippen LogP contribution in [0.15, 0.2) is 30.3 Å². The quantitative estimate of drug-likeness (QED) is 0.863. The molecule has 20 heavy (non-hydrogen) atoms. The minimum Gasteiger partial charge on any atom is -0.376 e.